The highest BCUT2D eigenvalue weighted by Gasteiger charge is 2.24. The van der Waals surface area contributed by atoms with Crippen molar-refractivity contribution in [1.29, 1.82) is 0 Å². The first kappa shape index (κ1) is 20.2. The van der Waals surface area contributed by atoms with Gasteiger partial charge in [0, 0.05) is 48.4 Å². The zero-order valence-electron chi connectivity index (χ0n) is 17.3. The molecule has 2 aromatic heterocycles. The van der Waals surface area contributed by atoms with Crippen molar-refractivity contribution >= 4 is 38.7 Å². The molecule has 1 aliphatic rings. The van der Waals surface area contributed by atoms with E-state index in [1.165, 1.54) is 4.70 Å². The molecule has 0 bridgehead atoms. The van der Waals surface area contributed by atoms with Gasteiger partial charge in [-0.2, -0.15) is 0 Å². The molecule has 4 aromatic rings. The standard InChI is InChI=1S/C24H23N3O2S2/c1-29-20-8-6-17(7-9-20)23-25-19(16-30-23)15-26-10-12-27(13-11-26)24(28)22-14-18-4-2-3-5-21(18)31-22/h2-9,14,16H,10-13,15H2,1H3. The lowest BCUT2D eigenvalue weighted by Crippen LogP contribution is -2.48. The fourth-order valence-corrected chi connectivity index (χ4v) is 5.67. The van der Waals surface area contributed by atoms with Crippen LogP contribution in [0.15, 0.2) is 60.0 Å². The minimum atomic E-state index is 0.149. The maximum Gasteiger partial charge on any atom is 0.264 e. The number of carbonyl (C=O) groups excluding carboxylic acids is 1. The average molecular weight is 450 g/mol. The number of thiophene rings is 1. The van der Waals surface area contributed by atoms with E-state index in [2.05, 4.69) is 22.4 Å². The van der Waals surface area contributed by atoms with Crippen molar-refractivity contribution in [3.8, 4) is 16.3 Å². The highest BCUT2D eigenvalue weighted by Crippen LogP contribution is 2.28. The summed E-state index contributed by atoms with van der Waals surface area (Å²) < 4.78 is 6.40. The van der Waals surface area contributed by atoms with Crippen LogP contribution in [-0.2, 0) is 6.54 Å². The molecule has 0 aliphatic carbocycles. The van der Waals surface area contributed by atoms with Gasteiger partial charge >= 0.3 is 0 Å². The lowest BCUT2D eigenvalue weighted by Gasteiger charge is -2.34. The van der Waals surface area contributed by atoms with E-state index in [-0.39, 0.29) is 5.91 Å². The zero-order valence-corrected chi connectivity index (χ0v) is 18.9. The summed E-state index contributed by atoms with van der Waals surface area (Å²) in [5.74, 6) is 1.000. The Morgan fingerprint density at radius 3 is 2.58 bits per heavy atom. The Kier molecular flexibility index (Phi) is 5.72. The minimum Gasteiger partial charge on any atom is -0.497 e. The number of rotatable bonds is 5. The second kappa shape index (κ2) is 8.78. The topological polar surface area (TPSA) is 45.7 Å². The van der Waals surface area contributed by atoms with Crippen LogP contribution in [0.5, 0.6) is 5.75 Å². The van der Waals surface area contributed by atoms with Gasteiger partial charge in [0.05, 0.1) is 17.7 Å². The van der Waals surface area contributed by atoms with Crippen molar-refractivity contribution in [2.45, 2.75) is 6.54 Å². The number of amides is 1. The van der Waals surface area contributed by atoms with Gasteiger partial charge in [0.25, 0.3) is 5.91 Å². The van der Waals surface area contributed by atoms with Crippen molar-refractivity contribution in [2.75, 3.05) is 33.3 Å². The maximum atomic E-state index is 12.9. The van der Waals surface area contributed by atoms with Crippen molar-refractivity contribution in [3.05, 3.63) is 70.5 Å². The fraction of sp³-hybridized carbons (Fsp3) is 0.250. The largest absolute Gasteiger partial charge is 0.497 e. The number of fused-ring (bicyclic) bond motifs is 1. The molecule has 5 rings (SSSR count). The van der Waals surface area contributed by atoms with Gasteiger partial charge in [-0.05, 0) is 41.8 Å². The summed E-state index contributed by atoms with van der Waals surface area (Å²) in [6.07, 6.45) is 0. The van der Waals surface area contributed by atoms with E-state index in [0.717, 1.165) is 65.0 Å². The number of piperazine rings is 1. The normalized spacial score (nSPS) is 14.8. The quantitative estimate of drug-likeness (QED) is 0.431. The third kappa shape index (κ3) is 4.35. The van der Waals surface area contributed by atoms with E-state index in [4.69, 9.17) is 9.72 Å². The van der Waals surface area contributed by atoms with Crippen LogP contribution >= 0.6 is 22.7 Å². The van der Waals surface area contributed by atoms with E-state index < -0.39 is 0 Å². The molecule has 0 atom stereocenters. The molecule has 0 unspecified atom stereocenters. The molecule has 158 valence electrons. The molecule has 1 saturated heterocycles. The van der Waals surface area contributed by atoms with Gasteiger partial charge in [0.15, 0.2) is 0 Å². The summed E-state index contributed by atoms with van der Waals surface area (Å²) in [7, 11) is 1.67. The minimum absolute atomic E-state index is 0.149. The molecule has 0 spiro atoms. The molecule has 31 heavy (non-hydrogen) atoms. The second-order valence-electron chi connectivity index (χ2n) is 7.59. The molecule has 0 saturated carbocycles. The van der Waals surface area contributed by atoms with Crippen molar-refractivity contribution in [1.82, 2.24) is 14.8 Å². The van der Waals surface area contributed by atoms with Crippen LogP contribution in [0, 0.1) is 0 Å². The van der Waals surface area contributed by atoms with Crippen LogP contribution in [0.2, 0.25) is 0 Å². The Balaban J connectivity index is 1.18. The molecule has 0 N–H and O–H groups in total. The lowest BCUT2D eigenvalue weighted by molar-refractivity contribution is 0.0632. The summed E-state index contributed by atoms with van der Waals surface area (Å²) in [5.41, 5.74) is 2.19. The first-order chi connectivity index (χ1) is 15.2. The number of nitrogens with zero attached hydrogens (tertiary/aromatic N) is 3. The Morgan fingerprint density at radius 1 is 1.06 bits per heavy atom. The third-order valence-corrected chi connectivity index (χ3v) is 7.61. The first-order valence-corrected chi connectivity index (χ1v) is 12.0. The highest BCUT2D eigenvalue weighted by atomic mass is 32.1. The Bertz CT molecular complexity index is 1160. The van der Waals surface area contributed by atoms with E-state index in [1.54, 1.807) is 29.8 Å². The van der Waals surface area contributed by atoms with Crippen molar-refractivity contribution in [3.63, 3.8) is 0 Å². The summed E-state index contributed by atoms with van der Waals surface area (Å²) in [6, 6.07) is 18.2. The predicted octanol–water partition coefficient (Wildman–Crippen LogP) is 4.99. The summed E-state index contributed by atoms with van der Waals surface area (Å²) >= 11 is 3.25. The lowest BCUT2D eigenvalue weighted by atomic mass is 10.2. The molecular formula is C24H23N3O2S2. The van der Waals surface area contributed by atoms with Crippen LogP contribution in [0.3, 0.4) is 0 Å². The van der Waals surface area contributed by atoms with Gasteiger partial charge in [-0.1, -0.05) is 18.2 Å². The van der Waals surface area contributed by atoms with Crippen LogP contribution < -0.4 is 4.74 Å². The monoisotopic (exact) mass is 449 g/mol. The van der Waals surface area contributed by atoms with E-state index in [0.29, 0.717) is 0 Å². The van der Waals surface area contributed by atoms with Crippen LogP contribution in [-0.4, -0.2) is 54.0 Å². The van der Waals surface area contributed by atoms with Crippen molar-refractivity contribution in [2.24, 2.45) is 0 Å². The highest BCUT2D eigenvalue weighted by molar-refractivity contribution is 7.20. The van der Waals surface area contributed by atoms with Gasteiger partial charge < -0.3 is 9.64 Å². The second-order valence-corrected chi connectivity index (χ2v) is 9.53. The van der Waals surface area contributed by atoms with Crippen LogP contribution in [0.1, 0.15) is 15.4 Å². The van der Waals surface area contributed by atoms with Crippen LogP contribution in [0.4, 0.5) is 0 Å². The van der Waals surface area contributed by atoms with E-state index in [9.17, 15) is 4.79 Å². The first-order valence-electron chi connectivity index (χ1n) is 10.3. The number of hydrogen-bond acceptors (Lipinski definition) is 6. The van der Waals surface area contributed by atoms with Crippen molar-refractivity contribution < 1.29 is 9.53 Å². The SMILES string of the molecule is COc1ccc(-c2nc(CN3CCN(C(=O)c4cc5ccccc5s4)CC3)cs2)cc1. The molecule has 1 aliphatic heterocycles. The smallest absolute Gasteiger partial charge is 0.264 e. The van der Waals surface area contributed by atoms with E-state index >= 15 is 0 Å². The number of methoxy groups -OCH3 is 1. The third-order valence-electron chi connectivity index (χ3n) is 5.57. The number of ether oxygens (including phenoxy) is 1. The van der Waals surface area contributed by atoms with Gasteiger partial charge in [-0.3, -0.25) is 9.69 Å². The van der Waals surface area contributed by atoms with Gasteiger partial charge in [0.1, 0.15) is 10.8 Å². The molecule has 0 radical (unpaired) electrons. The average Bonchev–Trinajstić information content (AvgIpc) is 3.46. The Morgan fingerprint density at radius 2 is 1.84 bits per heavy atom. The number of thiazole rings is 1. The molecule has 1 fully saturated rings. The summed E-state index contributed by atoms with van der Waals surface area (Å²) in [5, 5.41) is 4.30. The predicted molar refractivity (Wildman–Crippen MR) is 127 cm³/mol. The van der Waals surface area contributed by atoms with Gasteiger partial charge in [0.2, 0.25) is 0 Å². The molecule has 3 heterocycles. The Labute approximate surface area is 189 Å². The summed E-state index contributed by atoms with van der Waals surface area (Å²) in [4.78, 5) is 22.9. The summed E-state index contributed by atoms with van der Waals surface area (Å²) in [6.45, 7) is 4.06. The number of carbonyl (C=O) groups is 1. The fourth-order valence-electron chi connectivity index (χ4n) is 3.83. The van der Waals surface area contributed by atoms with Crippen LogP contribution in [0.25, 0.3) is 20.7 Å². The number of hydrogen-bond donors (Lipinski definition) is 0. The molecule has 1 amide bonds. The molecule has 2 aromatic carbocycles. The van der Waals surface area contributed by atoms with Gasteiger partial charge in [-0.25, -0.2) is 4.98 Å². The molecule has 7 heteroatoms. The Hall–Kier alpha value is -2.74. The number of aromatic nitrogens is 1. The zero-order chi connectivity index (χ0) is 21.2. The van der Waals surface area contributed by atoms with Gasteiger partial charge in [-0.15, -0.1) is 22.7 Å². The maximum absolute atomic E-state index is 12.9. The van der Waals surface area contributed by atoms with E-state index in [1.807, 2.05) is 47.4 Å². The molecule has 5 nitrogen and oxygen atoms in total. The molecular weight excluding hydrogens is 426 g/mol. The number of benzene rings is 2.